The Morgan fingerprint density at radius 3 is 2.92 bits per heavy atom. The number of aliphatic hydroxyl groups excluding tert-OH is 2. The lowest BCUT2D eigenvalue weighted by atomic mass is 9.95. The maximum absolute atomic E-state index is 13.6. The molecule has 1 aliphatic carbocycles. The van der Waals surface area contributed by atoms with Crippen molar-refractivity contribution in [2.75, 3.05) is 11.9 Å². The summed E-state index contributed by atoms with van der Waals surface area (Å²) in [6, 6.07) is 12.6. The minimum Gasteiger partial charge on any atom is -0.394 e. The number of aliphatic hydroxyl groups is 2. The average Bonchev–Trinajstić information content (AvgIpc) is 3.63. The summed E-state index contributed by atoms with van der Waals surface area (Å²) in [6.45, 7) is 0.430. The van der Waals surface area contributed by atoms with E-state index in [2.05, 4.69) is 25.5 Å². The van der Waals surface area contributed by atoms with E-state index in [0.717, 1.165) is 67.2 Å². The van der Waals surface area contributed by atoms with E-state index in [4.69, 9.17) is 0 Å². The van der Waals surface area contributed by atoms with Crippen molar-refractivity contribution in [3.63, 3.8) is 0 Å². The summed E-state index contributed by atoms with van der Waals surface area (Å²) in [7, 11) is 0. The number of aromatic nitrogens is 6. The van der Waals surface area contributed by atoms with Gasteiger partial charge < -0.3 is 15.5 Å². The van der Waals surface area contributed by atoms with E-state index >= 15 is 0 Å². The van der Waals surface area contributed by atoms with Crippen LogP contribution in [0.1, 0.15) is 16.8 Å². The standard InChI is InChI=1S/C28H24FN7O2S/c29-18-3-1-2-16(8-18)11-36-24-7-4-19(9-17(24)10-32-36)33-27-25-21-5-6-23-22(13-35(34-23)12-20(38)14-37)26(21)39-28(25)31-15-30-27/h1-4,7-10,13,15,20,37-38H,5-6,11-12,14H2,(H,30,31,33)/t20-/m1/s1. The monoisotopic (exact) mass is 541 g/mol. The molecule has 11 heteroatoms. The number of aryl methyl sites for hydroxylation is 2. The van der Waals surface area contributed by atoms with Gasteiger partial charge in [-0.15, -0.1) is 11.3 Å². The highest BCUT2D eigenvalue weighted by molar-refractivity contribution is 7.22. The topological polar surface area (TPSA) is 114 Å². The molecule has 3 N–H and O–H groups in total. The van der Waals surface area contributed by atoms with Gasteiger partial charge in [0.15, 0.2) is 0 Å². The molecule has 4 aromatic heterocycles. The lowest BCUT2D eigenvalue weighted by Crippen LogP contribution is -2.20. The number of nitrogens with one attached hydrogen (secondary N) is 1. The summed E-state index contributed by atoms with van der Waals surface area (Å²) in [5.41, 5.74) is 5.92. The van der Waals surface area contributed by atoms with Gasteiger partial charge in [-0.05, 0) is 54.3 Å². The van der Waals surface area contributed by atoms with Gasteiger partial charge in [0.1, 0.15) is 22.8 Å². The summed E-state index contributed by atoms with van der Waals surface area (Å²) in [4.78, 5) is 11.2. The number of hydrogen-bond donors (Lipinski definition) is 3. The van der Waals surface area contributed by atoms with Crippen molar-refractivity contribution in [3.8, 4) is 10.4 Å². The molecule has 196 valence electrons. The molecule has 1 atom stereocenters. The van der Waals surface area contributed by atoms with E-state index in [1.54, 1.807) is 28.4 Å². The Morgan fingerprint density at radius 1 is 1.13 bits per heavy atom. The highest BCUT2D eigenvalue weighted by atomic mass is 32.1. The number of rotatable bonds is 7. The fourth-order valence-electron chi connectivity index (χ4n) is 5.22. The second-order valence-corrected chi connectivity index (χ2v) is 10.7. The summed E-state index contributed by atoms with van der Waals surface area (Å²) < 4.78 is 17.2. The van der Waals surface area contributed by atoms with Crippen molar-refractivity contribution in [2.24, 2.45) is 0 Å². The van der Waals surface area contributed by atoms with Crippen molar-refractivity contribution in [1.29, 1.82) is 0 Å². The second kappa shape index (κ2) is 9.53. The molecule has 9 nitrogen and oxygen atoms in total. The van der Waals surface area contributed by atoms with E-state index in [9.17, 15) is 14.6 Å². The fraction of sp³-hybridized carbons (Fsp3) is 0.214. The first-order valence-corrected chi connectivity index (χ1v) is 13.5. The van der Waals surface area contributed by atoms with Crippen molar-refractivity contribution in [1.82, 2.24) is 29.5 Å². The van der Waals surface area contributed by atoms with Gasteiger partial charge in [0.05, 0.1) is 48.6 Å². The number of hydrogen-bond acceptors (Lipinski definition) is 8. The molecular formula is C28H24FN7O2S. The van der Waals surface area contributed by atoms with Gasteiger partial charge in [-0.2, -0.15) is 10.2 Å². The van der Waals surface area contributed by atoms with Gasteiger partial charge in [0.25, 0.3) is 0 Å². The van der Waals surface area contributed by atoms with Crippen molar-refractivity contribution in [3.05, 3.63) is 83.8 Å². The van der Waals surface area contributed by atoms with E-state index in [1.807, 2.05) is 41.3 Å². The molecular weight excluding hydrogens is 517 g/mol. The van der Waals surface area contributed by atoms with Crippen molar-refractivity contribution < 1.29 is 14.6 Å². The minimum atomic E-state index is -0.847. The van der Waals surface area contributed by atoms with Crippen molar-refractivity contribution in [2.45, 2.75) is 32.0 Å². The van der Waals surface area contributed by atoms with E-state index in [-0.39, 0.29) is 19.0 Å². The number of benzene rings is 2. The van der Waals surface area contributed by atoms with Crippen LogP contribution in [0.25, 0.3) is 31.6 Å². The van der Waals surface area contributed by atoms with Crippen LogP contribution < -0.4 is 5.32 Å². The van der Waals surface area contributed by atoms with Gasteiger partial charge in [0.2, 0.25) is 0 Å². The fourth-order valence-corrected chi connectivity index (χ4v) is 6.45. The first-order valence-electron chi connectivity index (χ1n) is 12.6. The first-order chi connectivity index (χ1) is 19.1. The third-order valence-electron chi connectivity index (χ3n) is 7.02. The lowest BCUT2D eigenvalue weighted by molar-refractivity contribution is 0.0782. The first kappa shape index (κ1) is 23.9. The Bertz CT molecular complexity index is 1840. The Kier molecular flexibility index (Phi) is 5.84. The van der Waals surface area contributed by atoms with Crippen LogP contribution in [0.2, 0.25) is 0 Å². The third kappa shape index (κ3) is 4.34. The summed E-state index contributed by atoms with van der Waals surface area (Å²) in [5.74, 6) is 0.489. The zero-order chi connectivity index (χ0) is 26.5. The molecule has 0 radical (unpaired) electrons. The Balaban J connectivity index is 1.20. The molecule has 0 saturated heterocycles. The summed E-state index contributed by atoms with van der Waals surface area (Å²) in [5, 5.41) is 33.7. The zero-order valence-electron chi connectivity index (χ0n) is 20.8. The molecule has 0 amide bonds. The summed E-state index contributed by atoms with van der Waals surface area (Å²) in [6.07, 6.45) is 6.08. The molecule has 0 bridgehead atoms. The van der Waals surface area contributed by atoms with E-state index < -0.39 is 6.10 Å². The molecule has 0 spiro atoms. The zero-order valence-corrected chi connectivity index (χ0v) is 21.6. The molecule has 4 heterocycles. The van der Waals surface area contributed by atoms with Crippen LogP contribution in [0.15, 0.2) is 61.2 Å². The highest BCUT2D eigenvalue weighted by Gasteiger charge is 2.26. The van der Waals surface area contributed by atoms with Crippen LogP contribution in [0, 0.1) is 5.82 Å². The van der Waals surface area contributed by atoms with Crippen LogP contribution in [-0.2, 0) is 25.9 Å². The predicted molar refractivity (Wildman–Crippen MR) is 148 cm³/mol. The molecule has 6 aromatic rings. The molecule has 7 rings (SSSR count). The molecule has 39 heavy (non-hydrogen) atoms. The predicted octanol–water partition coefficient (Wildman–Crippen LogP) is 4.29. The average molecular weight is 542 g/mol. The third-order valence-corrected chi connectivity index (χ3v) is 8.19. The van der Waals surface area contributed by atoms with E-state index in [0.29, 0.717) is 6.54 Å². The molecule has 1 aliphatic rings. The van der Waals surface area contributed by atoms with Crippen LogP contribution in [0.5, 0.6) is 0 Å². The molecule has 0 aliphatic heterocycles. The lowest BCUT2D eigenvalue weighted by Gasteiger charge is -2.12. The number of anilines is 2. The van der Waals surface area contributed by atoms with Crippen LogP contribution in [-0.4, -0.2) is 52.5 Å². The molecule has 0 fully saturated rings. The van der Waals surface area contributed by atoms with Crippen LogP contribution >= 0.6 is 11.3 Å². The van der Waals surface area contributed by atoms with Gasteiger partial charge >= 0.3 is 0 Å². The molecule has 0 saturated carbocycles. The molecule has 2 aromatic carbocycles. The van der Waals surface area contributed by atoms with E-state index in [1.165, 1.54) is 17.7 Å². The Hall–Kier alpha value is -4.19. The largest absolute Gasteiger partial charge is 0.394 e. The Labute approximate surface area is 226 Å². The maximum Gasteiger partial charge on any atom is 0.142 e. The van der Waals surface area contributed by atoms with Crippen molar-refractivity contribution >= 4 is 44.0 Å². The smallest absolute Gasteiger partial charge is 0.142 e. The van der Waals surface area contributed by atoms with Gasteiger partial charge in [0, 0.05) is 27.7 Å². The quantitative estimate of drug-likeness (QED) is 0.276. The Morgan fingerprint density at radius 2 is 2.05 bits per heavy atom. The minimum absolute atomic E-state index is 0.248. The van der Waals surface area contributed by atoms with Crippen LogP contribution in [0.4, 0.5) is 15.9 Å². The summed E-state index contributed by atoms with van der Waals surface area (Å²) >= 11 is 1.62. The number of fused-ring (bicyclic) bond motifs is 6. The van der Waals surface area contributed by atoms with Gasteiger partial charge in [-0.1, -0.05) is 12.1 Å². The van der Waals surface area contributed by atoms with Gasteiger partial charge in [-0.3, -0.25) is 9.36 Å². The van der Waals surface area contributed by atoms with Crippen LogP contribution in [0.3, 0.4) is 0 Å². The second-order valence-electron chi connectivity index (χ2n) is 9.69. The highest BCUT2D eigenvalue weighted by Crippen LogP contribution is 2.45. The maximum atomic E-state index is 13.6. The SMILES string of the molecule is OC[C@H](O)Cn1cc2c(n1)CCc1c-2sc2ncnc(Nc3ccc4c(cnn4Cc4cccc(F)c4)c3)c12. The number of halogens is 1. The van der Waals surface area contributed by atoms with Gasteiger partial charge in [-0.25, -0.2) is 14.4 Å². The normalized spacial score (nSPS) is 13.5. The number of thiophene rings is 1. The molecule has 0 unspecified atom stereocenters. The number of nitrogens with zero attached hydrogens (tertiary/aromatic N) is 6.